The van der Waals surface area contributed by atoms with Crippen molar-refractivity contribution >= 4 is 17.8 Å². The number of nitrogens with zero attached hydrogens (tertiary/aromatic N) is 2. The Labute approximate surface area is 107 Å². The zero-order valence-electron chi connectivity index (χ0n) is 9.92. The minimum absolute atomic E-state index is 0.141. The SMILES string of the molecule is NC(=O)CC(NC(=O)c1n[nH]c(C2CC2)n1)C(=O)O. The van der Waals surface area contributed by atoms with Crippen LogP contribution in [-0.4, -0.2) is 44.1 Å². The molecule has 2 amide bonds. The highest BCUT2D eigenvalue weighted by atomic mass is 16.4. The largest absolute Gasteiger partial charge is 0.480 e. The van der Waals surface area contributed by atoms with Gasteiger partial charge >= 0.3 is 5.97 Å². The topological polar surface area (TPSA) is 151 Å². The van der Waals surface area contributed by atoms with E-state index < -0.39 is 30.2 Å². The van der Waals surface area contributed by atoms with Gasteiger partial charge in [0.1, 0.15) is 11.9 Å². The fraction of sp³-hybridized carbons (Fsp3) is 0.500. The Morgan fingerprint density at radius 3 is 2.68 bits per heavy atom. The molecule has 0 aromatic carbocycles. The first-order valence-electron chi connectivity index (χ1n) is 5.71. The first kappa shape index (κ1) is 13.0. The summed E-state index contributed by atoms with van der Waals surface area (Å²) in [5, 5.41) is 17.3. The van der Waals surface area contributed by atoms with Gasteiger partial charge in [0.05, 0.1) is 6.42 Å². The molecule has 0 saturated heterocycles. The predicted molar refractivity (Wildman–Crippen MR) is 61.1 cm³/mol. The Hall–Kier alpha value is -2.45. The molecule has 1 fully saturated rings. The zero-order chi connectivity index (χ0) is 14.0. The summed E-state index contributed by atoms with van der Waals surface area (Å²) < 4.78 is 0. The standard InChI is InChI=1S/C10H13N5O4/c11-6(16)3-5(10(18)19)12-9(17)8-13-7(14-15-8)4-1-2-4/h4-5H,1-3H2,(H2,11,16)(H,12,17)(H,18,19)(H,13,14,15). The van der Waals surface area contributed by atoms with E-state index in [2.05, 4.69) is 20.5 Å². The van der Waals surface area contributed by atoms with Crippen molar-refractivity contribution in [2.24, 2.45) is 5.73 Å². The third kappa shape index (κ3) is 3.27. The number of rotatable bonds is 6. The van der Waals surface area contributed by atoms with E-state index in [-0.39, 0.29) is 5.82 Å². The molecule has 19 heavy (non-hydrogen) atoms. The second-order valence-electron chi connectivity index (χ2n) is 4.35. The lowest BCUT2D eigenvalue weighted by atomic mass is 10.2. The molecule has 1 heterocycles. The maximum absolute atomic E-state index is 11.7. The Kier molecular flexibility index (Phi) is 3.45. The van der Waals surface area contributed by atoms with Crippen molar-refractivity contribution in [2.45, 2.75) is 31.2 Å². The Morgan fingerprint density at radius 1 is 1.47 bits per heavy atom. The molecule has 1 saturated carbocycles. The number of primary amides is 1. The number of carboxylic acid groups (broad SMARTS) is 1. The molecule has 0 aliphatic heterocycles. The fourth-order valence-corrected chi connectivity index (χ4v) is 1.54. The summed E-state index contributed by atoms with van der Waals surface area (Å²) in [6.45, 7) is 0. The van der Waals surface area contributed by atoms with Crippen LogP contribution in [0.2, 0.25) is 0 Å². The van der Waals surface area contributed by atoms with Crippen LogP contribution < -0.4 is 11.1 Å². The molecular weight excluding hydrogens is 254 g/mol. The zero-order valence-corrected chi connectivity index (χ0v) is 9.92. The minimum atomic E-state index is -1.38. The number of aromatic amines is 1. The normalized spacial score (nSPS) is 15.8. The maximum Gasteiger partial charge on any atom is 0.326 e. The third-order valence-electron chi connectivity index (χ3n) is 2.68. The summed E-state index contributed by atoms with van der Waals surface area (Å²) in [6.07, 6.45) is 1.51. The lowest BCUT2D eigenvalue weighted by Gasteiger charge is -2.10. The average Bonchev–Trinajstić information content (AvgIpc) is 3.05. The number of carbonyl (C=O) groups excluding carboxylic acids is 2. The number of carbonyl (C=O) groups is 3. The molecule has 1 aromatic rings. The first-order valence-corrected chi connectivity index (χ1v) is 5.71. The lowest BCUT2D eigenvalue weighted by molar-refractivity contribution is -0.140. The molecule has 2 rings (SSSR count). The van der Waals surface area contributed by atoms with E-state index in [4.69, 9.17) is 10.8 Å². The van der Waals surface area contributed by atoms with E-state index in [1.165, 1.54) is 0 Å². The van der Waals surface area contributed by atoms with Crippen LogP contribution in [0.15, 0.2) is 0 Å². The molecule has 0 radical (unpaired) electrons. The smallest absolute Gasteiger partial charge is 0.326 e. The van der Waals surface area contributed by atoms with E-state index >= 15 is 0 Å². The van der Waals surface area contributed by atoms with E-state index in [9.17, 15) is 14.4 Å². The van der Waals surface area contributed by atoms with Crippen molar-refractivity contribution < 1.29 is 19.5 Å². The minimum Gasteiger partial charge on any atom is -0.480 e. The quantitative estimate of drug-likeness (QED) is 0.505. The molecule has 9 heteroatoms. The number of amides is 2. The van der Waals surface area contributed by atoms with Gasteiger partial charge in [-0.2, -0.15) is 0 Å². The lowest BCUT2D eigenvalue weighted by Crippen LogP contribution is -2.43. The monoisotopic (exact) mass is 267 g/mol. The van der Waals surface area contributed by atoms with E-state index in [0.29, 0.717) is 11.7 Å². The summed E-state index contributed by atoms with van der Waals surface area (Å²) in [5.41, 5.74) is 4.91. The predicted octanol–water partition coefficient (Wildman–Crippen LogP) is -1.26. The molecule has 1 aromatic heterocycles. The molecule has 1 unspecified atom stereocenters. The molecule has 0 bridgehead atoms. The molecule has 5 N–H and O–H groups in total. The van der Waals surface area contributed by atoms with Crippen molar-refractivity contribution in [1.82, 2.24) is 20.5 Å². The van der Waals surface area contributed by atoms with Gasteiger partial charge in [-0.3, -0.25) is 14.7 Å². The van der Waals surface area contributed by atoms with E-state index in [1.54, 1.807) is 0 Å². The number of hydrogen-bond donors (Lipinski definition) is 4. The Bertz CT molecular complexity index is 522. The maximum atomic E-state index is 11.7. The molecule has 1 atom stereocenters. The highest BCUT2D eigenvalue weighted by Gasteiger charge is 2.29. The summed E-state index contributed by atoms with van der Waals surface area (Å²) in [6, 6.07) is -1.38. The highest BCUT2D eigenvalue weighted by Crippen LogP contribution is 2.37. The van der Waals surface area contributed by atoms with Crippen LogP contribution >= 0.6 is 0 Å². The molecular formula is C10H13N5O4. The number of carboxylic acids is 1. The van der Waals surface area contributed by atoms with Gasteiger partial charge in [0, 0.05) is 5.92 Å². The van der Waals surface area contributed by atoms with Gasteiger partial charge < -0.3 is 16.2 Å². The molecule has 1 aliphatic carbocycles. The second-order valence-corrected chi connectivity index (χ2v) is 4.35. The summed E-state index contributed by atoms with van der Waals surface area (Å²) in [4.78, 5) is 37.3. The van der Waals surface area contributed by atoms with Gasteiger partial charge in [0.15, 0.2) is 0 Å². The third-order valence-corrected chi connectivity index (χ3v) is 2.68. The van der Waals surface area contributed by atoms with Crippen molar-refractivity contribution in [3.05, 3.63) is 11.6 Å². The number of aromatic nitrogens is 3. The van der Waals surface area contributed by atoms with Gasteiger partial charge in [-0.15, -0.1) is 5.10 Å². The summed E-state index contributed by atoms with van der Waals surface area (Å²) >= 11 is 0. The van der Waals surface area contributed by atoms with Gasteiger partial charge in [-0.25, -0.2) is 9.78 Å². The van der Waals surface area contributed by atoms with Gasteiger partial charge in [0.25, 0.3) is 5.91 Å². The average molecular weight is 267 g/mol. The second kappa shape index (κ2) is 5.04. The number of nitrogens with one attached hydrogen (secondary N) is 2. The Balaban J connectivity index is 2.00. The summed E-state index contributed by atoms with van der Waals surface area (Å²) in [5.74, 6) is -2.14. The van der Waals surface area contributed by atoms with Crippen molar-refractivity contribution in [3.8, 4) is 0 Å². The van der Waals surface area contributed by atoms with Gasteiger partial charge in [0.2, 0.25) is 11.7 Å². The van der Waals surface area contributed by atoms with Gasteiger partial charge in [-0.1, -0.05) is 0 Å². The summed E-state index contributed by atoms with van der Waals surface area (Å²) in [7, 11) is 0. The molecule has 0 spiro atoms. The Morgan fingerprint density at radius 2 is 2.16 bits per heavy atom. The van der Waals surface area contributed by atoms with Crippen LogP contribution in [0.1, 0.15) is 41.6 Å². The van der Waals surface area contributed by atoms with Crippen LogP contribution in [0.4, 0.5) is 0 Å². The van der Waals surface area contributed by atoms with E-state index in [0.717, 1.165) is 12.8 Å². The van der Waals surface area contributed by atoms with E-state index in [1.807, 2.05) is 0 Å². The molecule has 9 nitrogen and oxygen atoms in total. The number of hydrogen-bond acceptors (Lipinski definition) is 5. The number of H-pyrrole nitrogens is 1. The van der Waals surface area contributed by atoms with Crippen molar-refractivity contribution in [2.75, 3.05) is 0 Å². The van der Waals surface area contributed by atoms with Crippen LogP contribution in [0, 0.1) is 0 Å². The molecule has 1 aliphatic rings. The number of aliphatic carboxylic acids is 1. The van der Waals surface area contributed by atoms with Gasteiger partial charge in [-0.05, 0) is 12.8 Å². The first-order chi connectivity index (χ1) is 8.97. The van der Waals surface area contributed by atoms with Crippen molar-refractivity contribution in [1.29, 1.82) is 0 Å². The van der Waals surface area contributed by atoms with Crippen LogP contribution in [0.5, 0.6) is 0 Å². The van der Waals surface area contributed by atoms with Crippen molar-refractivity contribution in [3.63, 3.8) is 0 Å². The molecule has 102 valence electrons. The number of nitrogens with two attached hydrogens (primary N) is 1. The highest BCUT2D eigenvalue weighted by molar-refractivity contribution is 5.94. The van der Waals surface area contributed by atoms with Crippen LogP contribution in [-0.2, 0) is 9.59 Å². The van der Waals surface area contributed by atoms with Crippen LogP contribution in [0.25, 0.3) is 0 Å². The fourth-order valence-electron chi connectivity index (χ4n) is 1.54. The van der Waals surface area contributed by atoms with Crippen LogP contribution in [0.3, 0.4) is 0 Å².